The third-order valence-electron chi connectivity index (χ3n) is 7.92. The van der Waals surface area contributed by atoms with Crippen LogP contribution in [-0.4, -0.2) is 57.2 Å². The number of hydrogen-bond acceptors (Lipinski definition) is 6. The van der Waals surface area contributed by atoms with E-state index in [0.29, 0.717) is 39.0 Å². The molecule has 46 heavy (non-hydrogen) atoms. The molecule has 0 unspecified atom stereocenters. The molecule has 7 rings (SSSR count). The second kappa shape index (κ2) is 14.2. The van der Waals surface area contributed by atoms with Crippen LogP contribution in [0.5, 0.6) is 0 Å². The summed E-state index contributed by atoms with van der Waals surface area (Å²) in [4.78, 5) is 24.9. The molecular formula is C34H30BBrN2O6Se2. The molecule has 0 N–H and O–H groups in total. The van der Waals surface area contributed by atoms with Gasteiger partial charge < -0.3 is 0 Å². The van der Waals surface area contributed by atoms with Crippen LogP contribution in [-0.2, 0) is 9.31 Å². The SMILES string of the molecule is CC1(C)OB(c2ccc3[se]ccc3c2)OC1(C)C.O=[N+]([O-])c1ccccc1-c1ccc2[se]ccc2c1.O=[N+]([O-])c1ccccc1Br. The zero-order valence-electron chi connectivity index (χ0n) is 25.5. The predicted molar refractivity (Wildman–Crippen MR) is 190 cm³/mol. The molecule has 0 saturated carbocycles. The van der Waals surface area contributed by atoms with Gasteiger partial charge in [-0.25, -0.2) is 0 Å². The molecule has 8 nitrogen and oxygen atoms in total. The average Bonchev–Trinajstić information content (AvgIpc) is 3.74. The Labute approximate surface area is 287 Å². The van der Waals surface area contributed by atoms with Gasteiger partial charge in [0.2, 0.25) is 0 Å². The molecule has 0 atom stereocenters. The van der Waals surface area contributed by atoms with Crippen LogP contribution in [0.3, 0.4) is 0 Å². The Kier molecular flexibility index (Phi) is 10.5. The minimum absolute atomic E-state index is 0.0995. The summed E-state index contributed by atoms with van der Waals surface area (Å²) in [5.74, 6) is 0. The first kappa shape index (κ1) is 34.0. The minimum atomic E-state index is -0.427. The number of benzene rings is 4. The number of hydrogen-bond donors (Lipinski definition) is 0. The predicted octanol–water partition coefficient (Wildman–Crippen LogP) is 8.03. The smallest absolute Gasteiger partial charge is 0.258 e. The molecule has 1 aliphatic heterocycles. The van der Waals surface area contributed by atoms with Gasteiger partial charge in [-0.3, -0.25) is 10.1 Å². The molecule has 4 aromatic carbocycles. The van der Waals surface area contributed by atoms with Crippen LogP contribution in [0.1, 0.15) is 27.7 Å². The normalized spacial score (nSPS) is 14.7. The van der Waals surface area contributed by atoms with Crippen molar-refractivity contribution < 1.29 is 19.2 Å². The van der Waals surface area contributed by atoms with Gasteiger partial charge >= 0.3 is 224 Å². The second-order valence-corrected chi connectivity index (χ2v) is 16.3. The maximum absolute atomic E-state index is 11.0. The van der Waals surface area contributed by atoms with E-state index in [0.717, 1.165) is 11.0 Å². The number of fused-ring (bicyclic) bond motifs is 2. The van der Waals surface area contributed by atoms with Gasteiger partial charge in [0.15, 0.2) is 0 Å². The van der Waals surface area contributed by atoms with Crippen molar-refractivity contribution in [3.05, 3.63) is 132 Å². The third-order valence-corrected chi connectivity index (χ3v) is 12.4. The van der Waals surface area contributed by atoms with Gasteiger partial charge in [-0.05, 0) is 22.0 Å². The van der Waals surface area contributed by atoms with E-state index < -0.39 is 4.92 Å². The summed E-state index contributed by atoms with van der Waals surface area (Å²) in [6.07, 6.45) is 0. The van der Waals surface area contributed by atoms with Crippen LogP contribution >= 0.6 is 15.9 Å². The van der Waals surface area contributed by atoms with Gasteiger partial charge in [0.25, 0.3) is 5.69 Å². The molecule has 0 spiro atoms. The summed E-state index contributed by atoms with van der Waals surface area (Å²) in [5, 5.41) is 23.7. The quantitative estimate of drug-likeness (QED) is 0.102. The van der Waals surface area contributed by atoms with Gasteiger partial charge in [0, 0.05) is 6.07 Å². The molecule has 0 radical (unpaired) electrons. The van der Waals surface area contributed by atoms with Gasteiger partial charge in [0.05, 0.1) is 9.40 Å². The van der Waals surface area contributed by atoms with E-state index in [1.54, 1.807) is 36.4 Å². The van der Waals surface area contributed by atoms with Gasteiger partial charge in [-0.1, -0.05) is 12.1 Å². The molecule has 0 bridgehead atoms. The summed E-state index contributed by atoms with van der Waals surface area (Å²) in [6.45, 7) is 8.35. The Hall–Kier alpha value is -3.34. The number of rotatable bonds is 4. The average molecular weight is 811 g/mol. The Bertz CT molecular complexity index is 2010. The van der Waals surface area contributed by atoms with Crippen molar-refractivity contribution in [3.8, 4) is 11.1 Å². The number of nitrogens with zero attached hydrogens (tertiary/aromatic N) is 2. The van der Waals surface area contributed by atoms with E-state index in [1.165, 1.54) is 25.4 Å². The first-order valence-corrected chi connectivity index (χ1v) is 18.8. The van der Waals surface area contributed by atoms with Crippen LogP contribution in [0.15, 0.2) is 111 Å². The van der Waals surface area contributed by atoms with Gasteiger partial charge in [-0.15, -0.1) is 0 Å². The fourth-order valence-electron chi connectivity index (χ4n) is 4.72. The Morgan fingerprint density at radius 3 is 1.76 bits per heavy atom. The molecule has 0 aliphatic carbocycles. The summed E-state index contributed by atoms with van der Waals surface area (Å²) < 4.78 is 15.4. The molecule has 0 amide bonds. The molecule has 1 fully saturated rings. The van der Waals surface area contributed by atoms with Crippen LogP contribution in [0, 0.1) is 20.2 Å². The van der Waals surface area contributed by atoms with Crippen molar-refractivity contribution in [1.82, 2.24) is 0 Å². The Morgan fingerprint density at radius 1 is 0.674 bits per heavy atom. The Morgan fingerprint density at radius 2 is 1.20 bits per heavy atom. The molecule has 1 saturated heterocycles. The zero-order chi connectivity index (χ0) is 33.1. The van der Waals surface area contributed by atoms with Crippen LogP contribution in [0.4, 0.5) is 11.4 Å². The van der Waals surface area contributed by atoms with Crippen LogP contribution < -0.4 is 5.46 Å². The molecule has 234 valence electrons. The monoisotopic (exact) mass is 812 g/mol. The first-order valence-electron chi connectivity index (χ1n) is 14.3. The number of nitro benzene ring substituents is 2. The zero-order valence-corrected chi connectivity index (χ0v) is 30.5. The third kappa shape index (κ3) is 7.61. The summed E-state index contributed by atoms with van der Waals surface area (Å²) in [7, 11) is -0.248. The maximum Gasteiger partial charge on any atom is 0.283 e. The fraction of sp³-hybridized carbons (Fsp3) is 0.176. The molecule has 6 aromatic rings. The topological polar surface area (TPSA) is 105 Å². The number of halogens is 1. The molecule has 1 aliphatic rings. The van der Waals surface area contributed by atoms with Crippen LogP contribution in [0.25, 0.3) is 30.4 Å². The van der Waals surface area contributed by atoms with E-state index in [-0.39, 0.29) is 34.6 Å². The fourth-order valence-corrected chi connectivity index (χ4v) is 8.39. The second-order valence-electron chi connectivity index (χ2n) is 11.5. The summed E-state index contributed by atoms with van der Waals surface area (Å²) in [6, 6.07) is 30.2. The maximum atomic E-state index is 11.0. The van der Waals surface area contributed by atoms with E-state index >= 15 is 0 Å². The first-order chi connectivity index (χ1) is 21.9. The van der Waals surface area contributed by atoms with E-state index in [4.69, 9.17) is 9.31 Å². The van der Waals surface area contributed by atoms with Crippen molar-refractivity contribution in [2.75, 3.05) is 0 Å². The van der Waals surface area contributed by atoms with E-state index in [2.05, 4.69) is 89.9 Å². The summed E-state index contributed by atoms with van der Waals surface area (Å²) in [5.41, 5.74) is 2.43. The summed E-state index contributed by atoms with van der Waals surface area (Å²) >= 11 is 3.97. The number of nitro groups is 2. The van der Waals surface area contributed by atoms with Crippen LogP contribution in [0.2, 0.25) is 0 Å². The Balaban J connectivity index is 0.000000142. The van der Waals surface area contributed by atoms with Crippen molar-refractivity contribution in [2.24, 2.45) is 0 Å². The van der Waals surface area contributed by atoms with E-state index in [1.807, 2.05) is 18.2 Å². The largest absolute Gasteiger partial charge is 0.283 e. The van der Waals surface area contributed by atoms with Crippen molar-refractivity contribution >= 4 is 88.2 Å². The molecule has 3 heterocycles. The van der Waals surface area contributed by atoms with Gasteiger partial charge in [-0.2, -0.15) is 0 Å². The van der Waals surface area contributed by atoms with Crippen molar-refractivity contribution in [2.45, 2.75) is 38.9 Å². The van der Waals surface area contributed by atoms with E-state index in [9.17, 15) is 20.2 Å². The minimum Gasteiger partial charge on any atom is -0.258 e. The molecular weight excluding hydrogens is 781 g/mol. The van der Waals surface area contributed by atoms with Gasteiger partial charge in [0.1, 0.15) is 0 Å². The molecule has 12 heteroatoms. The van der Waals surface area contributed by atoms with Crippen molar-refractivity contribution in [3.63, 3.8) is 0 Å². The molecule has 2 aromatic heterocycles. The standard InChI is InChI=1S/C14H17BO2Se.C14H9NO2Se.C6H4BrNO2/c1-13(2)14(3,4)17-15(16-13)11-5-6-12-10(9-11)7-8-18-12;16-15(17)13-4-2-1-3-12(13)10-5-6-14-11(9-10)7-8-18-14;7-5-3-1-2-4-6(5)8(9)10/h5-9H,1-4H3;1-9H;1-4H. The van der Waals surface area contributed by atoms with Crippen molar-refractivity contribution in [1.29, 1.82) is 0 Å². The number of para-hydroxylation sites is 2.